The van der Waals surface area contributed by atoms with E-state index in [0.29, 0.717) is 29.1 Å². The third-order valence-corrected chi connectivity index (χ3v) is 5.75. The predicted molar refractivity (Wildman–Crippen MR) is 119 cm³/mol. The molecule has 8 nitrogen and oxygen atoms in total. The van der Waals surface area contributed by atoms with Crippen molar-refractivity contribution in [2.24, 2.45) is 0 Å². The van der Waals surface area contributed by atoms with Gasteiger partial charge in [0.1, 0.15) is 11.4 Å². The first-order chi connectivity index (χ1) is 15.2. The molecule has 9 heteroatoms. The fraction of sp³-hybridized carbons (Fsp3) is 0.0909. The second-order valence-corrected chi connectivity index (χ2v) is 7.73. The Balaban J connectivity index is 1.50. The fourth-order valence-corrected chi connectivity index (χ4v) is 4.19. The highest BCUT2D eigenvalue weighted by atomic mass is 32.1. The van der Waals surface area contributed by atoms with Crippen LogP contribution in [0.3, 0.4) is 0 Å². The van der Waals surface area contributed by atoms with Gasteiger partial charge in [0.2, 0.25) is 0 Å². The van der Waals surface area contributed by atoms with Gasteiger partial charge in [0.05, 0.1) is 22.9 Å². The zero-order chi connectivity index (χ0) is 21.4. The molecule has 154 valence electrons. The second-order valence-electron chi connectivity index (χ2n) is 6.95. The van der Waals surface area contributed by atoms with Crippen LogP contribution in [0, 0.1) is 0 Å². The van der Waals surface area contributed by atoms with Crippen LogP contribution in [0.25, 0.3) is 27.9 Å². The summed E-state index contributed by atoms with van der Waals surface area (Å²) in [5, 5.41) is 9.47. The molecule has 0 aliphatic heterocycles. The summed E-state index contributed by atoms with van der Waals surface area (Å²) < 4.78 is 1.66. The number of benzene rings is 1. The maximum Gasteiger partial charge on any atom is 0.270 e. The Morgan fingerprint density at radius 2 is 2.10 bits per heavy atom. The first-order valence-corrected chi connectivity index (χ1v) is 10.6. The average Bonchev–Trinajstić information content (AvgIpc) is 3.55. The summed E-state index contributed by atoms with van der Waals surface area (Å²) in [6, 6.07) is 11.1. The maximum absolute atomic E-state index is 13.0. The van der Waals surface area contributed by atoms with Gasteiger partial charge in [0, 0.05) is 30.7 Å². The molecular formula is C22H18N6O2S. The van der Waals surface area contributed by atoms with Crippen molar-refractivity contribution in [3.05, 3.63) is 76.5 Å². The number of aromatic nitrogens is 4. The molecular weight excluding hydrogens is 412 g/mol. The third kappa shape index (κ3) is 3.34. The Labute approximate surface area is 181 Å². The molecule has 5 rings (SSSR count). The number of imidazole rings is 2. The Hall–Kier alpha value is -3.98. The van der Waals surface area contributed by atoms with E-state index in [1.807, 2.05) is 35.0 Å². The van der Waals surface area contributed by atoms with E-state index in [4.69, 9.17) is 0 Å². The molecule has 31 heavy (non-hydrogen) atoms. The van der Waals surface area contributed by atoms with Gasteiger partial charge in [-0.1, -0.05) is 6.07 Å². The van der Waals surface area contributed by atoms with Crippen LogP contribution < -0.4 is 10.6 Å². The Morgan fingerprint density at radius 1 is 1.19 bits per heavy atom. The van der Waals surface area contributed by atoms with Crippen molar-refractivity contribution in [2.45, 2.75) is 6.54 Å². The molecule has 1 aromatic carbocycles. The monoisotopic (exact) mass is 430 g/mol. The van der Waals surface area contributed by atoms with Crippen molar-refractivity contribution in [1.82, 2.24) is 30.0 Å². The molecule has 0 aliphatic carbocycles. The number of amides is 2. The van der Waals surface area contributed by atoms with Gasteiger partial charge < -0.3 is 15.6 Å². The molecule has 4 heterocycles. The number of fused-ring (bicyclic) bond motifs is 2. The first-order valence-electron chi connectivity index (χ1n) is 9.61. The summed E-state index contributed by atoms with van der Waals surface area (Å²) in [7, 11) is 1.58. The highest BCUT2D eigenvalue weighted by Crippen LogP contribution is 2.27. The molecule has 0 atom stereocenters. The highest BCUT2D eigenvalue weighted by Gasteiger charge is 2.23. The maximum atomic E-state index is 13.0. The lowest BCUT2D eigenvalue weighted by Gasteiger charge is -2.07. The molecule has 0 fully saturated rings. The molecule has 4 aromatic heterocycles. The number of carbonyl (C=O) groups excluding carboxylic acids is 2. The van der Waals surface area contributed by atoms with E-state index in [9.17, 15) is 9.59 Å². The molecule has 2 amide bonds. The Morgan fingerprint density at radius 3 is 2.90 bits per heavy atom. The zero-order valence-electron chi connectivity index (χ0n) is 16.5. The average molecular weight is 430 g/mol. The molecule has 5 aromatic rings. The number of carbonyl (C=O) groups is 2. The summed E-state index contributed by atoms with van der Waals surface area (Å²) in [6.07, 6.45) is 3.38. The molecule has 0 aliphatic rings. The van der Waals surface area contributed by atoms with Crippen LogP contribution in [-0.2, 0) is 6.54 Å². The van der Waals surface area contributed by atoms with E-state index in [2.05, 4.69) is 25.6 Å². The number of pyridine rings is 1. The topological polar surface area (TPSA) is 104 Å². The summed E-state index contributed by atoms with van der Waals surface area (Å²) in [5.41, 5.74) is 5.36. The lowest BCUT2D eigenvalue weighted by Crippen LogP contribution is -2.24. The van der Waals surface area contributed by atoms with Crippen LogP contribution in [0.15, 0.2) is 59.7 Å². The van der Waals surface area contributed by atoms with Crippen LogP contribution in [0.4, 0.5) is 0 Å². The van der Waals surface area contributed by atoms with Gasteiger partial charge in [-0.25, -0.2) is 9.97 Å². The van der Waals surface area contributed by atoms with Gasteiger partial charge in [-0.05, 0) is 41.3 Å². The summed E-state index contributed by atoms with van der Waals surface area (Å²) in [6.45, 7) is 0.356. The number of hydrogen-bond donors (Lipinski definition) is 3. The predicted octanol–water partition coefficient (Wildman–Crippen LogP) is 3.23. The number of hydrogen-bond acceptors (Lipinski definition) is 5. The van der Waals surface area contributed by atoms with Crippen molar-refractivity contribution in [3.8, 4) is 11.3 Å². The van der Waals surface area contributed by atoms with Crippen LogP contribution >= 0.6 is 11.3 Å². The molecule has 0 spiro atoms. The summed E-state index contributed by atoms with van der Waals surface area (Å²) >= 11 is 1.52. The molecule has 3 N–H and O–H groups in total. The van der Waals surface area contributed by atoms with Gasteiger partial charge >= 0.3 is 0 Å². The van der Waals surface area contributed by atoms with Crippen LogP contribution in [0.1, 0.15) is 26.4 Å². The minimum absolute atomic E-state index is 0.263. The van der Waals surface area contributed by atoms with Crippen molar-refractivity contribution in [3.63, 3.8) is 0 Å². The molecule has 0 saturated carbocycles. The van der Waals surface area contributed by atoms with Crippen molar-refractivity contribution >= 4 is 39.8 Å². The van der Waals surface area contributed by atoms with Crippen molar-refractivity contribution < 1.29 is 9.59 Å². The van der Waals surface area contributed by atoms with E-state index < -0.39 is 0 Å². The van der Waals surface area contributed by atoms with Gasteiger partial charge in [0.15, 0.2) is 5.65 Å². The second kappa shape index (κ2) is 7.69. The lowest BCUT2D eigenvalue weighted by molar-refractivity contribution is 0.0944. The van der Waals surface area contributed by atoms with E-state index >= 15 is 0 Å². The van der Waals surface area contributed by atoms with Gasteiger partial charge in [-0.15, -0.1) is 0 Å². The van der Waals surface area contributed by atoms with Gasteiger partial charge in [-0.3, -0.25) is 14.0 Å². The minimum atomic E-state index is -0.265. The van der Waals surface area contributed by atoms with E-state index in [1.54, 1.807) is 36.1 Å². The number of rotatable bonds is 5. The summed E-state index contributed by atoms with van der Waals surface area (Å²) in [4.78, 5) is 37.6. The molecule has 0 bridgehead atoms. The largest absolute Gasteiger partial charge is 0.354 e. The van der Waals surface area contributed by atoms with Crippen LogP contribution in [0.5, 0.6) is 0 Å². The zero-order valence-corrected chi connectivity index (χ0v) is 17.4. The molecule has 0 unspecified atom stereocenters. The smallest absolute Gasteiger partial charge is 0.270 e. The minimum Gasteiger partial charge on any atom is -0.354 e. The molecule has 0 saturated heterocycles. The van der Waals surface area contributed by atoms with E-state index in [1.165, 1.54) is 11.3 Å². The Bertz CT molecular complexity index is 1420. The summed E-state index contributed by atoms with van der Waals surface area (Å²) in [5.74, 6) is -0.528. The van der Waals surface area contributed by atoms with Crippen molar-refractivity contribution in [2.75, 3.05) is 7.05 Å². The number of thiophene rings is 1. The molecule has 0 radical (unpaired) electrons. The van der Waals surface area contributed by atoms with Crippen LogP contribution in [-0.4, -0.2) is 38.2 Å². The van der Waals surface area contributed by atoms with Crippen LogP contribution in [0.2, 0.25) is 0 Å². The van der Waals surface area contributed by atoms with Gasteiger partial charge in [0.25, 0.3) is 11.8 Å². The van der Waals surface area contributed by atoms with E-state index in [-0.39, 0.29) is 11.8 Å². The van der Waals surface area contributed by atoms with Gasteiger partial charge in [-0.2, -0.15) is 11.3 Å². The number of aromatic amines is 1. The number of nitrogens with zero attached hydrogens (tertiary/aromatic N) is 3. The van der Waals surface area contributed by atoms with Crippen molar-refractivity contribution in [1.29, 1.82) is 0 Å². The van der Waals surface area contributed by atoms with E-state index in [0.717, 1.165) is 22.2 Å². The first kappa shape index (κ1) is 19.0. The lowest BCUT2D eigenvalue weighted by atomic mass is 10.2. The number of H-pyrrole nitrogens is 1. The SMILES string of the molecule is CNC(=O)c1c(-c2ccsc2)nc2c(C(=O)NCc3ccc4nc[nH]c4c3)cccn12. The Kier molecular flexibility index (Phi) is 4.72. The normalized spacial score (nSPS) is 11.1. The fourth-order valence-electron chi connectivity index (χ4n) is 3.55. The third-order valence-electron chi connectivity index (χ3n) is 5.07. The standard InChI is InChI=1S/C22H18N6O2S/c1-23-22(30)19-18(14-6-8-31-11-14)27-20-15(3-2-7-28(19)20)21(29)24-10-13-4-5-16-17(9-13)26-12-25-16/h2-9,11-12H,10H2,1H3,(H,23,30)(H,24,29)(H,25,26). The highest BCUT2D eigenvalue weighted by molar-refractivity contribution is 7.08. The number of nitrogens with one attached hydrogen (secondary N) is 3. The quantitative estimate of drug-likeness (QED) is 0.398.